The largest absolute Gasteiger partial charge is 0.490 e. The summed E-state index contributed by atoms with van der Waals surface area (Å²) in [4.78, 5) is 35.4. The molecule has 0 atom stereocenters. The zero-order chi connectivity index (χ0) is 22.9. The van der Waals surface area contributed by atoms with Crippen molar-refractivity contribution in [2.45, 2.75) is 39.9 Å². The molecule has 2 aromatic carbocycles. The van der Waals surface area contributed by atoms with Crippen LogP contribution in [0, 0.1) is 13.8 Å². The number of amides is 1. The summed E-state index contributed by atoms with van der Waals surface area (Å²) in [6, 6.07) is 16.1. The Kier molecular flexibility index (Phi) is 5.72. The summed E-state index contributed by atoms with van der Waals surface area (Å²) >= 11 is 0. The molecule has 2 aliphatic heterocycles. The van der Waals surface area contributed by atoms with Crippen molar-refractivity contribution in [2.24, 2.45) is 0 Å². The fourth-order valence-corrected chi connectivity index (χ4v) is 4.67. The molecule has 7 nitrogen and oxygen atoms in total. The van der Waals surface area contributed by atoms with E-state index in [1.54, 1.807) is 4.90 Å². The van der Waals surface area contributed by atoms with Gasteiger partial charge < -0.3 is 9.64 Å². The van der Waals surface area contributed by atoms with Crippen molar-refractivity contribution in [2.75, 3.05) is 24.6 Å². The lowest BCUT2D eigenvalue weighted by molar-refractivity contribution is -0.119. The Morgan fingerprint density at radius 2 is 1.91 bits per heavy atom. The van der Waals surface area contributed by atoms with Gasteiger partial charge in [-0.3, -0.25) is 19.1 Å². The van der Waals surface area contributed by atoms with Crippen molar-refractivity contribution in [3.05, 3.63) is 87.1 Å². The van der Waals surface area contributed by atoms with Gasteiger partial charge in [-0.25, -0.2) is 4.98 Å². The van der Waals surface area contributed by atoms with Gasteiger partial charge in [-0.15, -0.1) is 0 Å². The Balaban J connectivity index is 1.37. The summed E-state index contributed by atoms with van der Waals surface area (Å²) in [6.45, 7) is 6.95. The second-order valence-electron chi connectivity index (χ2n) is 8.79. The van der Waals surface area contributed by atoms with Crippen molar-refractivity contribution in [1.82, 2.24) is 14.5 Å². The maximum absolute atomic E-state index is 13.3. The molecule has 1 aromatic heterocycles. The molecule has 1 amide bonds. The number of aryl methyl sites for hydroxylation is 2. The van der Waals surface area contributed by atoms with E-state index in [1.165, 1.54) is 10.1 Å². The number of carbonyl (C=O) groups excluding carboxylic acids is 1. The average Bonchev–Trinajstić information content (AvgIpc) is 2.81. The van der Waals surface area contributed by atoms with E-state index in [2.05, 4.69) is 17.0 Å². The van der Waals surface area contributed by atoms with Crippen LogP contribution in [0.25, 0.3) is 0 Å². The highest BCUT2D eigenvalue weighted by Crippen LogP contribution is 2.32. The Labute approximate surface area is 193 Å². The fraction of sp³-hybridized carbons (Fsp3) is 0.346. The first-order chi connectivity index (χ1) is 16.0. The van der Waals surface area contributed by atoms with Gasteiger partial charge in [0.15, 0.2) is 0 Å². The minimum absolute atomic E-state index is 0.0218. The van der Waals surface area contributed by atoms with Crippen LogP contribution < -0.4 is 15.2 Å². The third-order valence-corrected chi connectivity index (χ3v) is 6.41. The maximum atomic E-state index is 13.3. The lowest BCUT2D eigenvalue weighted by Gasteiger charge is -2.31. The molecule has 0 saturated heterocycles. The number of rotatable bonds is 4. The molecule has 3 heterocycles. The molecule has 0 saturated carbocycles. The van der Waals surface area contributed by atoms with Crippen molar-refractivity contribution >= 4 is 11.6 Å². The first-order valence-corrected chi connectivity index (χ1v) is 11.4. The normalized spacial score (nSPS) is 15.5. The van der Waals surface area contributed by atoms with E-state index < -0.39 is 0 Å². The average molecular weight is 445 g/mol. The molecule has 33 heavy (non-hydrogen) atoms. The van der Waals surface area contributed by atoms with Gasteiger partial charge in [0.25, 0.3) is 5.56 Å². The third-order valence-electron chi connectivity index (χ3n) is 6.41. The van der Waals surface area contributed by atoms with Crippen LogP contribution in [0.3, 0.4) is 0 Å². The van der Waals surface area contributed by atoms with Gasteiger partial charge in [0.05, 0.1) is 17.9 Å². The van der Waals surface area contributed by atoms with Gasteiger partial charge in [-0.1, -0.05) is 36.4 Å². The summed E-state index contributed by atoms with van der Waals surface area (Å²) < 4.78 is 7.23. The van der Waals surface area contributed by atoms with E-state index in [-0.39, 0.29) is 18.0 Å². The molecule has 3 aromatic rings. The van der Waals surface area contributed by atoms with Gasteiger partial charge in [0, 0.05) is 25.2 Å². The van der Waals surface area contributed by atoms with Gasteiger partial charge in [-0.05, 0) is 43.5 Å². The first kappa shape index (κ1) is 21.4. The van der Waals surface area contributed by atoms with Crippen LogP contribution in [-0.4, -0.2) is 40.1 Å². The molecule has 0 N–H and O–H groups in total. The summed E-state index contributed by atoms with van der Waals surface area (Å²) in [5.41, 5.74) is 4.53. The number of nitrogens with zero attached hydrogens (tertiary/aromatic N) is 4. The number of carbonyl (C=O) groups is 1. The van der Waals surface area contributed by atoms with Gasteiger partial charge >= 0.3 is 0 Å². The van der Waals surface area contributed by atoms with E-state index in [0.29, 0.717) is 37.7 Å². The van der Waals surface area contributed by atoms with Crippen LogP contribution >= 0.6 is 0 Å². The molecule has 5 rings (SSSR count). The molecule has 0 radical (unpaired) electrons. The lowest BCUT2D eigenvalue weighted by atomic mass is 10.1. The molecule has 0 bridgehead atoms. The van der Waals surface area contributed by atoms with Crippen LogP contribution in [-0.2, 0) is 30.8 Å². The highest BCUT2D eigenvalue weighted by atomic mass is 16.5. The molecular weight excluding hydrogens is 416 g/mol. The number of fused-ring (bicyclic) bond motifs is 2. The topological polar surface area (TPSA) is 67.7 Å². The zero-order valence-electron chi connectivity index (χ0n) is 19.1. The summed E-state index contributed by atoms with van der Waals surface area (Å²) in [5, 5.41) is 0. The predicted octanol–water partition coefficient (Wildman–Crippen LogP) is 2.84. The SMILES string of the molecule is Cc1ccc2c(c1)N(C(=O)Cn1c(C)nc3c(c1=O)CCN(Cc1ccccc1)C3)CCO2. The van der Waals surface area contributed by atoms with E-state index in [4.69, 9.17) is 9.72 Å². The van der Waals surface area contributed by atoms with Crippen molar-refractivity contribution in [3.63, 3.8) is 0 Å². The van der Waals surface area contributed by atoms with Crippen LogP contribution in [0.1, 0.15) is 28.2 Å². The quantitative estimate of drug-likeness (QED) is 0.619. The van der Waals surface area contributed by atoms with Crippen molar-refractivity contribution < 1.29 is 9.53 Å². The molecule has 2 aliphatic rings. The van der Waals surface area contributed by atoms with E-state index in [9.17, 15) is 9.59 Å². The summed E-state index contributed by atoms with van der Waals surface area (Å²) in [6.07, 6.45) is 0.641. The summed E-state index contributed by atoms with van der Waals surface area (Å²) in [5.74, 6) is 1.15. The number of aromatic nitrogens is 2. The fourth-order valence-electron chi connectivity index (χ4n) is 4.67. The predicted molar refractivity (Wildman–Crippen MR) is 127 cm³/mol. The highest BCUT2D eigenvalue weighted by Gasteiger charge is 2.27. The van der Waals surface area contributed by atoms with Gasteiger partial charge in [0.2, 0.25) is 5.91 Å². The number of anilines is 1. The Morgan fingerprint density at radius 1 is 1.09 bits per heavy atom. The first-order valence-electron chi connectivity index (χ1n) is 11.4. The maximum Gasteiger partial charge on any atom is 0.257 e. The minimum atomic E-state index is -0.126. The Hall–Kier alpha value is -3.45. The van der Waals surface area contributed by atoms with Crippen LogP contribution in [0.5, 0.6) is 5.75 Å². The molecule has 0 spiro atoms. The Morgan fingerprint density at radius 3 is 2.73 bits per heavy atom. The standard InChI is InChI=1S/C26H28N4O3/c1-18-8-9-24-23(14-18)29(12-13-33-24)25(31)17-30-19(2)27-22-16-28(11-10-21(22)26(30)32)15-20-6-4-3-5-7-20/h3-9,14H,10-13,15-17H2,1-2H3. The van der Waals surface area contributed by atoms with Gasteiger partial charge in [-0.2, -0.15) is 0 Å². The van der Waals surface area contributed by atoms with Crippen molar-refractivity contribution in [3.8, 4) is 5.75 Å². The zero-order valence-corrected chi connectivity index (χ0v) is 19.1. The van der Waals surface area contributed by atoms with Crippen LogP contribution in [0.2, 0.25) is 0 Å². The number of ether oxygens (including phenoxy) is 1. The number of benzene rings is 2. The van der Waals surface area contributed by atoms with Crippen LogP contribution in [0.15, 0.2) is 53.3 Å². The van der Waals surface area contributed by atoms with Crippen LogP contribution in [0.4, 0.5) is 5.69 Å². The molecule has 0 aliphatic carbocycles. The molecule has 7 heteroatoms. The van der Waals surface area contributed by atoms with E-state index >= 15 is 0 Å². The van der Waals surface area contributed by atoms with E-state index in [0.717, 1.165) is 35.6 Å². The molecule has 170 valence electrons. The molecule has 0 fully saturated rings. The lowest BCUT2D eigenvalue weighted by Crippen LogP contribution is -2.43. The second-order valence-corrected chi connectivity index (χ2v) is 8.79. The van der Waals surface area contributed by atoms with Crippen molar-refractivity contribution in [1.29, 1.82) is 0 Å². The number of hydrogen-bond donors (Lipinski definition) is 0. The molecule has 0 unspecified atom stereocenters. The smallest absolute Gasteiger partial charge is 0.257 e. The minimum Gasteiger partial charge on any atom is -0.490 e. The second kappa shape index (κ2) is 8.83. The Bertz CT molecular complexity index is 1250. The number of hydrogen-bond acceptors (Lipinski definition) is 5. The highest BCUT2D eigenvalue weighted by molar-refractivity contribution is 5.95. The third kappa shape index (κ3) is 4.28. The van der Waals surface area contributed by atoms with Gasteiger partial charge in [0.1, 0.15) is 24.7 Å². The summed E-state index contributed by atoms with van der Waals surface area (Å²) in [7, 11) is 0. The monoisotopic (exact) mass is 444 g/mol. The van der Waals surface area contributed by atoms with E-state index in [1.807, 2.05) is 50.2 Å². The molecular formula is C26H28N4O3.